The highest BCUT2D eigenvalue weighted by Crippen LogP contribution is 2.14. The molecule has 0 saturated heterocycles. The number of carbonyl (C=O) groups is 1. The molecule has 1 aromatic heterocycles. The van der Waals surface area contributed by atoms with Crippen molar-refractivity contribution in [1.29, 1.82) is 0 Å². The van der Waals surface area contributed by atoms with Gasteiger partial charge < -0.3 is 11.1 Å². The van der Waals surface area contributed by atoms with Gasteiger partial charge in [0.2, 0.25) is 5.91 Å². The zero-order valence-electron chi connectivity index (χ0n) is 11.1. The van der Waals surface area contributed by atoms with Crippen LogP contribution in [0.3, 0.4) is 0 Å². The molecule has 0 saturated carbocycles. The van der Waals surface area contributed by atoms with E-state index in [1.54, 1.807) is 6.20 Å². The molecular weight excluding hydrogens is 254 g/mol. The summed E-state index contributed by atoms with van der Waals surface area (Å²) < 4.78 is 1.46. The molecule has 2 rings (SSSR count). The predicted octanol–water partition coefficient (Wildman–Crippen LogP) is 0.535. The highest BCUT2D eigenvalue weighted by Gasteiger charge is 2.05. The van der Waals surface area contributed by atoms with Gasteiger partial charge in [-0.15, -0.1) is 5.10 Å². The van der Waals surface area contributed by atoms with Crippen LogP contribution < -0.4 is 11.1 Å². The van der Waals surface area contributed by atoms with E-state index in [0.717, 1.165) is 11.1 Å². The van der Waals surface area contributed by atoms with Crippen LogP contribution in [0, 0.1) is 18.8 Å². The molecule has 0 fully saturated rings. The molecule has 0 bridgehead atoms. The number of hydrogen-bond donors (Lipinski definition) is 2. The maximum absolute atomic E-state index is 11.9. The number of anilines is 1. The van der Waals surface area contributed by atoms with Gasteiger partial charge in [-0.05, 0) is 30.7 Å². The van der Waals surface area contributed by atoms with Crippen LogP contribution >= 0.6 is 0 Å². The SMILES string of the molecule is Cc1cc(C#CCN)cc(NC(=O)Cn2ccnn2)c1. The van der Waals surface area contributed by atoms with Gasteiger partial charge in [-0.3, -0.25) is 4.79 Å². The summed E-state index contributed by atoms with van der Waals surface area (Å²) in [6.45, 7) is 2.38. The Labute approximate surface area is 117 Å². The lowest BCUT2D eigenvalue weighted by Gasteiger charge is -2.07. The lowest BCUT2D eigenvalue weighted by atomic mass is 10.1. The van der Waals surface area contributed by atoms with Gasteiger partial charge in [0, 0.05) is 17.4 Å². The molecular formula is C14H15N5O. The molecule has 0 aliphatic carbocycles. The molecule has 0 aliphatic rings. The molecule has 1 heterocycles. The van der Waals surface area contributed by atoms with E-state index in [1.807, 2.05) is 25.1 Å². The van der Waals surface area contributed by atoms with Crippen molar-refractivity contribution in [3.8, 4) is 11.8 Å². The smallest absolute Gasteiger partial charge is 0.246 e. The maximum atomic E-state index is 11.9. The highest BCUT2D eigenvalue weighted by atomic mass is 16.2. The Morgan fingerprint density at radius 3 is 3.00 bits per heavy atom. The summed E-state index contributed by atoms with van der Waals surface area (Å²) in [5.74, 6) is 5.57. The molecule has 6 heteroatoms. The average Bonchev–Trinajstić information content (AvgIpc) is 2.88. The molecule has 6 nitrogen and oxygen atoms in total. The zero-order chi connectivity index (χ0) is 14.4. The van der Waals surface area contributed by atoms with Crippen molar-refractivity contribution in [3.63, 3.8) is 0 Å². The summed E-state index contributed by atoms with van der Waals surface area (Å²) in [6.07, 6.45) is 3.16. The number of amides is 1. The number of carbonyl (C=O) groups excluding carboxylic acids is 1. The van der Waals surface area contributed by atoms with Crippen LogP contribution in [-0.2, 0) is 11.3 Å². The Morgan fingerprint density at radius 1 is 1.45 bits per heavy atom. The first-order valence-electron chi connectivity index (χ1n) is 6.12. The summed E-state index contributed by atoms with van der Waals surface area (Å²) in [4.78, 5) is 11.9. The first kappa shape index (κ1) is 13.8. The van der Waals surface area contributed by atoms with Gasteiger partial charge in [0.25, 0.3) is 0 Å². The number of rotatable bonds is 3. The molecule has 0 radical (unpaired) electrons. The van der Waals surface area contributed by atoms with Crippen LogP contribution in [0.4, 0.5) is 5.69 Å². The molecule has 1 amide bonds. The number of nitrogens with zero attached hydrogens (tertiary/aromatic N) is 3. The van der Waals surface area contributed by atoms with Gasteiger partial charge in [-0.1, -0.05) is 17.1 Å². The van der Waals surface area contributed by atoms with Gasteiger partial charge in [0.15, 0.2) is 0 Å². The number of benzene rings is 1. The first-order valence-corrected chi connectivity index (χ1v) is 6.12. The fraction of sp³-hybridized carbons (Fsp3) is 0.214. The van der Waals surface area contributed by atoms with Crippen LogP contribution in [0.15, 0.2) is 30.6 Å². The van der Waals surface area contributed by atoms with Crippen LogP contribution in [0.2, 0.25) is 0 Å². The number of nitrogens with one attached hydrogen (secondary N) is 1. The number of aromatic nitrogens is 3. The van der Waals surface area contributed by atoms with Crippen molar-refractivity contribution >= 4 is 11.6 Å². The predicted molar refractivity (Wildman–Crippen MR) is 75.8 cm³/mol. The summed E-state index contributed by atoms with van der Waals surface area (Å²) in [5.41, 5.74) is 7.90. The monoisotopic (exact) mass is 269 g/mol. The van der Waals surface area contributed by atoms with Crippen molar-refractivity contribution in [2.24, 2.45) is 5.73 Å². The van der Waals surface area contributed by atoms with Crippen LogP contribution in [0.5, 0.6) is 0 Å². The normalized spacial score (nSPS) is 9.70. The Hall–Kier alpha value is -2.65. The second-order valence-electron chi connectivity index (χ2n) is 4.24. The fourth-order valence-corrected chi connectivity index (χ4v) is 1.75. The molecule has 20 heavy (non-hydrogen) atoms. The van der Waals surface area contributed by atoms with Crippen molar-refractivity contribution in [2.45, 2.75) is 13.5 Å². The molecule has 0 aliphatic heterocycles. The minimum absolute atomic E-state index is 0.123. The topological polar surface area (TPSA) is 85.8 Å². The standard InChI is InChI=1S/C14H15N5O/c1-11-7-12(3-2-4-15)9-13(8-11)17-14(20)10-19-6-5-16-18-19/h5-9H,4,10,15H2,1H3,(H,17,20). The van der Waals surface area contributed by atoms with E-state index in [1.165, 1.54) is 10.9 Å². The van der Waals surface area contributed by atoms with E-state index >= 15 is 0 Å². The lowest BCUT2D eigenvalue weighted by Crippen LogP contribution is -2.19. The third kappa shape index (κ3) is 3.93. The van der Waals surface area contributed by atoms with Gasteiger partial charge in [-0.25, -0.2) is 4.68 Å². The second-order valence-corrected chi connectivity index (χ2v) is 4.24. The number of hydrogen-bond acceptors (Lipinski definition) is 4. The van der Waals surface area contributed by atoms with Gasteiger partial charge in [-0.2, -0.15) is 0 Å². The highest BCUT2D eigenvalue weighted by molar-refractivity contribution is 5.90. The maximum Gasteiger partial charge on any atom is 0.246 e. The first-order chi connectivity index (χ1) is 9.67. The lowest BCUT2D eigenvalue weighted by molar-refractivity contribution is -0.116. The van der Waals surface area contributed by atoms with Crippen molar-refractivity contribution in [3.05, 3.63) is 41.7 Å². The van der Waals surface area contributed by atoms with E-state index in [2.05, 4.69) is 27.5 Å². The van der Waals surface area contributed by atoms with E-state index in [4.69, 9.17) is 5.73 Å². The quantitative estimate of drug-likeness (QED) is 0.796. The minimum atomic E-state index is -0.168. The molecule has 0 atom stereocenters. The molecule has 102 valence electrons. The Bertz CT molecular complexity index is 652. The van der Waals surface area contributed by atoms with Crippen LogP contribution in [-0.4, -0.2) is 27.4 Å². The summed E-state index contributed by atoms with van der Waals surface area (Å²) >= 11 is 0. The number of aryl methyl sites for hydroxylation is 1. The largest absolute Gasteiger partial charge is 0.324 e. The number of nitrogens with two attached hydrogens (primary N) is 1. The van der Waals surface area contributed by atoms with E-state index in [-0.39, 0.29) is 12.5 Å². The van der Waals surface area contributed by atoms with E-state index in [0.29, 0.717) is 12.2 Å². The molecule has 1 aromatic carbocycles. The second kappa shape index (κ2) is 6.50. The van der Waals surface area contributed by atoms with E-state index in [9.17, 15) is 4.79 Å². The Balaban J connectivity index is 2.08. The fourth-order valence-electron chi connectivity index (χ4n) is 1.75. The van der Waals surface area contributed by atoms with Gasteiger partial charge in [0.05, 0.1) is 12.7 Å². The summed E-state index contributed by atoms with van der Waals surface area (Å²) in [7, 11) is 0. The molecule has 0 spiro atoms. The third-order valence-corrected chi connectivity index (χ3v) is 2.47. The Kier molecular flexibility index (Phi) is 4.47. The molecule has 2 aromatic rings. The van der Waals surface area contributed by atoms with Gasteiger partial charge >= 0.3 is 0 Å². The Morgan fingerprint density at radius 2 is 2.30 bits per heavy atom. The molecule has 0 unspecified atom stereocenters. The van der Waals surface area contributed by atoms with Crippen molar-refractivity contribution in [2.75, 3.05) is 11.9 Å². The van der Waals surface area contributed by atoms with Gasteiger partial charge in [0.1, 0.15) is 6.54 Å². The zero-order valence-corrected chi connectivity index (χ0v) is 11.1. The van der Waals surface area contributed by atoms with Crippen LogP contribution in [0.1, 0.15) is 11.1 Å². The molecule has 3 N–H and O–H groups in total. The summed E-state index contributed by atoms with van der Waals surface area (Å²) in [5, 5.41) is 10.2. The minimum Gasteiger partial charge on any atom is -0.324 e. The third-order valence-electron chi connectivity index (χ3n) is 2.47. The van der Waals surface area contributed by atoms with E-state index < -0.39 is 0 Å². The average molecular weight is 269 g/mol. The van der Waals surface area contributed by atoms with Crippen molar-refractivity contribution in [1.82, 2.24) is 15.0 Å². The van der Waals surface area contributed by atoms with Crippen molar-refractivity contribution < 1.29 is 4.79 Å². The summed E-state index contributed by atoms with van der Waals surface area (Å²) in [6, 6.07) is 5.64. The van der Waals surface area contributed by atoms with Crippen LogP contribution in [0.25, 0.3) is 0 Å².